The topological polar surface area (TPSA) is 64.7 Å². The van der Waals surface area contributed by atoms with E-state index in [1.54, 1.807) is 0 Å². The lowest BCUT2D eigenvalue weighted by atomic mass is 9.93. The lowest BCUT2D eigenvalue weighted by molar-refractivity contribution is 0.623. The van der Waals surface area contributed by atoms with Crippen LogP contribution >= 0.6 is 0 Å². The van der Waals surface area contributed by atoms with Crippen LogP contribution in [0.4, 0.5) is 0 Å². The molecule has 0 aliphatic carbocycles. The van der Waals surface area contributed by atoms with E-state index in [1.165, 1.54) is 10.8 Å². The molecule has 0 aliphatic rings. The van der Waals surface area contributed by atoms with Crippen LogP contribution in [0.5, 0.6) is 0 Å². The number of hydrogen-bond acceptors (Lipinski definition) is 5. The quantitative estimate of drug-likeness (QED) is 0.157. The summed E-state index contributed by atoms with van der Waals surface area (Å²) in [6, 6.07) is 71.8. The highest BCUT2D eigenvalue weighted by atomic mass is 16.3. The molecule has 0 amide bonds. The molecule has 0 fully saturated rings. The van der Waals surface area contributed by atoms with E-state index in [0.717, 1.165) is 87.9 Å². The van der Waals surface area contributed by atoms with Crippen molar-refractivity contribution in [3.63, 3.8) is 0 Å². The molecule has 10 aromatic carbocycles. The van der Waals surface area contributed by atoms with E-state index < -0.39 is 0 Å². The van der Waals surface area contributed by atoms with Crippen molar-refractivity contribution < 1.29 is 4.42 Å². The minimum atomic E-state index is 0.601. The highest BCUT2D eigenvalue weighted by Gasteiger charge is 2.19. The van der Waals surface area contributed by atoms with Crippen molar-refractivity contribution in [2.75, 3.05) is 0 Å². The molecule has 2 aromatic heterocycles. The van der Waals surface area contributed by atoms with Gasteiger partial charge in [0.1, 0.15) is 5.52 Å². The maximum Gasteiger partial charge on any atom is 0.227 e. The van der Waals surface area contributed by atoms with Crippen molar-refractivity contribution in [2.45, 2.75) is 0 Å². The van der Waals surface area contributed by atoms with E-state index in [1.807, 2.05) is 42.5 Å². The van der Waals surface area contributed by atoms with Gasteiger partial charge in [0.2, 0.25) is 5.89 Å². The SMILES string of the molecule is c1ccc(-c2ccc(-c3nc(-c4cccc(-c5ccc6ccccc6c5)c4)nc(-c4cccc5c4ccc4ccc6ccc7nc(-c8ccccc8)oc7c6c45)n3)cc2)cc1. The minimum absolute atomic E-state index is 0.601. The molecule has 0 unspecified atom stereocenters. The van der Waals surface area contributed by atoms with Gasteiger partial charge in [0.25, 0.3) is 0 Å². The zero-order chi connectivity index (χ0) is 40.3. The van der Waals surface area contributed by atoms with Crippen LogP contribution in [0.15, 0.2) is 211 Å². The van der Waals surface area contributed by atoms with E-state index in [4.69, 9.17) is 24.4 Å². The summed E-state index contributed by atoms with van der Waals surface area (Å²) < 4.78 is 6.62. The average Bonchev–Trinajstić information content (AvgIpc) is 3.79. The van der Waals surface area contributed by atoms with Crippen LogP contribution in [-0.2, 0) is 0 Å². The standard InChI is InChI=1S/C56H34N4O/c1-3-11-35(12-4-1)37-21-26-40(27-22-37)53-58-54(45-18-9-17-43(34-45)44-28-23-36-13-7-8-16-42(36)33-44)60-55(59-53)48-20-10-19-47-46(48)31-29-38-24-25-39-30-32-49-52(51(39)50(38)47)61-56(57-49)41-14-5-2-6-15-41/h1-34H. The van der Waals surface area contributed by atoms with Crippen LogP contribution in [-0.4, -0.2) is 19.9 Å². The molecular formula is C56H34N4O. The van der Waals surface area contributed by atoms with Crippen LogP contribution in [0, 0.1) is 0 Å². The molecule has 0 N–H and O–H groups in total. The highest BCUT2D eigenvalue weighted by Crippen LogP contribution is 2.41. The molecule has 2 heterocycles. The van der Waals surface area contributed by atoms with Gasteiger partial charge >= 0.3 is 0 Å². The molecule has 0 bridgehead atoms. The molecule has 0 spiro atoms. The van der Waals surface area contributed by atoms with Crippen LogP contribution < -0.4 is 0 Å². The van der Waals surface area contributed by atoms with Crippen molar-refractivity contribution in [3.05, 3.63) is 206 Å². The Bertz CT molecular complexity index is 3640. The fourth-order valence-corrected chi connectivity index (χ4v) is 8.68. The first-order chi connectivity index (χ1) is 30.2. The van der Waals surface area contributed by atoms with Crippen LogP contribution in [0.25, 0.3) is 122 Å². The van der Waals surface area contributed by atoms with Crippen LogP contribution in [0.3, 0.4) is 0 Å². The third-order valence-electron chi connectivity index (χ3n) is 11.7. The monoisotopic (exact) mass is 778 g/mol. The molecule has 0 saturated heterocycles. The summed E-state index contributed by atoms with van der Waals surface area (Å²) in [6.07, 6.45) is 0. The summed E-state index contributed by atoms with van der Waals surface area (Å²) in [5.41, 5.74) is 9.80. The number of oxazole rings is 1. The number of fused-ring (bicyclic) bond motifs is 8. The van der Waals surface area contributed by atoms with E-state index in [2.05, 4.69) is 164 Å². The van der Waals surface area contributed by atoms with Gasteiger partial charge in [-0.3, -0.25) is 0 Å². The fourth-order valence-electron chi connectivity index (χ4n) is 8.68. The summed E-state index contributed by atoms with van der Waals surface area (Å²) in [6.45, 7) is 0. The number of nitrogens with zero attached hydrogens (tertiary/aromatic N) is 4. The zero-order valence-corrected chi connectivity index (χ0v) is 32.8. The van der Waals surface area contributed by atoms with Gasteiger partial charge in [0.05, 0.1) is 0 Å². The normalized spacial score (nSPS) is 11.6. The van der Waals surface area contributed by atoms with Crippen molar-refractivity contribution in [2.24, 2.45) is 0 Å². The number of rotatable bonds is 6. The minimum Gasteiger partial charge on any atom is -0.435 e. The summed E-state index contributed by atoms with van der Waals surface area (Å²) in [4.78, 5) is 20.6. The number of hydrogen-bond donors (Lipinski definition) is 0. The summed E-state index contributed by atoms with van der Waals surface area (Å²) in [5, 5.41) is 8.87. The van der Waals surface area contributed by atoms with Gasteiger partial charge in [-0.1, -0.05) is 176 Å². The highest BCUT2D eigenvalue weighted by molar-refractivity contribution is 6.27. The molecule has 0 aliphatic heterocycles. The lowest BCUT2D eigenvalue weighted by Gasteiger charge is -2.13. The molecule has 5 heteroatoms. The van der Waals surface area contributed by atoms with Gasteiger partial charge in [-0.05, 0) is 84.9 Å². The Hall–Kier alpha value is -8.28. The Morgan fingerprint density at radius 1 is 0.295 bits per heavy atom. The maximum atomic E-state index is 6.62. The van der Waals surface area contributed by atoms with Crippen LogP contribution in [0.2, 0.25) is 0 Å². The van der Waals surface area contributed by atoms with Crippen molar-refractivity contribution in [1.29, 1.82) is 0 Å². The van der Waals surface area contributed by atoms with Gasteiger partial charge in [0.15, 0.2) is 23.1 Å². The first-order valence-corrected chi connectivity index (χ1v) is 20.5. The van der Waals surface area contributed by atoms with Crippen LogP contribution in [0.1, 0.15) is 0 Å². The largest absolute Gasteiger partial charge is 0.435 e. The zero-order valence-electron chi connectivity index (χ0n) is 32.8. The van der Waals surface area contributed by atoms with Crippen molar-refractivity contribution >= 4 is 54.2 Å². The Labute approximate surface area is 351 Å². The number of aromatic nitrogens is 4. The fraction of sp³-hybridized carbons (Fsp3) is 0. The second kappa shape index (κ2) is 14.2. The van der Waals surface area contributed by atoms with Crippen molar-refractivity contribution in [3.8, 4) is 67.9 Å². The van der Waals surface area contributed by atoms with Gasteiger partial charge in [-0.15, -0.1) is 0 Å². The molecule has 12 rings (SSSR count). The third kappa shape index (κ3) is 6.10. The van der Waals surface area contributed by atoms with E-state index in [9.17, 15) is 0 Å². The van der Waals surface area contributed by atoms with Gasteiger partial charge in [0, 0.05) is 33.0 Å². The van der Waals surface area contributed by atoms with Gasteiger partial charge in [-0.25, -0.2) is 19.9 Å². The second-order valence-corrected chi connectivity index (χ2v) is 15.4. The Kier molecular flexibility index (Phi) is 8.10. The molecule has 12 aromatic rings. The summed E-state index contributed by atoms with van der Waals surface area (Å²) in [7, 11) is 0. The van der Waals surface area contributed by atoms with E-state index in [-0.39, 0.29) is 0 Å². The average molecular weight is 779 g/mol. The molecular weight excluding hydrogens is 745 g/mol. The molecule has 284 valence electrons. The molecule has 0 radical (unpaired) electrons. The summed E-state index contributed by atoms with van der Waals surface area (Å²) in [5.74, 6) is 2.42. The number of benzene rings is 10. The third-order valence-corrected chi connectivity index (χ3v) is 11.7. The Morgan fingerprint density at radius 3 is 1.67 bits per heavy atom. The first-order valence-electron chi connectivity index (χ1n) is 20.5. The van der Waals surface area contributed by atoms with Gasteiger partial charge in [-0.2, -0.15) is 0 Å². The van der Waals surface area contributed by atoms with E-state index in [0.29, 0.717) is 23.4 Å². The van der Waals surface area contributed by atoms with Gasteiger partial charge < -0.3 is 4.42 Å². The lowest BCUT2D eigenvalue weighted by Crippen LogP contribution is -2.01. The smallest absolute Gasteiger partial charge is 0.227 e. The maximum absolute atomic E-state index is 6.62. The molecule has 61 heavy (non-hydrogen) atoms. The second-order valence-electron chi connectivity index (χ2n) is 15.4. The Balaban J connectivity index is 1.05. The first kappa shape index (κ1) is 34.7. The van der Waals surface area contributed by atoms with Crippen molar-refractivity contribution in [1.82, 2.24) is 19.9 Å². The Morgan fingerprint density at radius 2 is 0.852 bits per heavy atom. The molecule has 5 nitrogen and oxygen atoms in total. The molecule has 0 atom stereocenters. The molecule has 0 saturated carbocycles. The predicted octanol–water partition coefficient (Wildman–Crippen LogP) is 14.6. The predicted molar refractivity (Wildman–Crippen MR) is 250 cm³/mol. The summed E-state index contributed by atoms with van der Waals surface area (Å²) >= 11 is 0. The van der Waals surface area contributed by atoms with E-state index >= 15 is 0 Å².